The van der Waals surface area contributed by atoms with Gasteiger partial charge in [-0.1, -0.05) is 0 Å². The van der Waals surface area contributed by atoms with E-state index in [2.05, 4.69) is 10.3 Å². The van der Waals surface area contributed by atoms with Crippen molar-refractivity contribution in [2.24, 2.45) is 0 Å². The number of aryl methyl sites for hydroxylation is 1. The number of carbonyl (C=O) groups excluding carboxylic acids is 2. The zero-order valence-electron chi connectivity index (χ0n) is 13.3. The molecule has 6 nitrogen and oxygen atoms in total. The van der Waals surface area contributed by atoms with Crippen molar-refractivity contribution in [3.05, 3.63) is 22.5 Å². The number of esters is 1. The number of aromatic amines is 1. The van der Waals surface area contributed by atoms with Gasteiger partial charge in [0.15, 0.2) is 0 Å². The molecule has 0 fully saturated rings. The third-order valence-corrected chi connectivity index (χ3v) is 3.02. The number of rotatable bonds is 7. The van der Waals surface area contributed by atoms with Crippen LogP contribution in [-0.2, 0) is 9.47 Å². The molecule has 1 amide bonds. The lowest BCUT2D eigenvalue weighted by Crippen LogP contribution is -2.26. The van der Waals surface area contributed by atoms with E-state index in [1.165, 1.54) is 0 Å². The van der Waals surface area contributed by atoms with Crippen molar-refractivity contribution in [3.63, 3.8) is 0 Å². The molecule has 0 saturated heterocycles. The van der Waals surface area contributed by atoms with Gasteiger partial charge in [-0.05, 0) is 39.7 Å². The number of aromatic nitrogens is 1. The third kappa shape index (κ3) is 4.60. The van der Waals surface area contributed by atoms with Gasteiger partial charge in [-0.25, -0.2) is 4.79 Å². The van der Waals surface area contributed by atoms with E-state index in [0.717, 1.165) is 6.42 Å². The molecule has 0 aliphatic carbocycles. The normalized spacial score (nSPS) is 10.8. The monoisotopic (exact) mass is 296 g/mol. The predicted octanol–water partition coefficient (Wildman–Crippen LogP) is 1.96. The minimum Gasteiger partial charge on any atom is -0.459 e. The molecule has 21 heavy (non-hydrogen) atoms. The van der Waals surface area contributed by atoms with Crippen LogP contribution in [0.1, 0.15) is 52.4 Å². The summed E-state index contributed by atoms with van der Waals surface area (Å²) in [5.74, 6) is -0.634. The average Bonchev–Trinajstić information content (AvgIpc) is 2.69. The van der Waals surface area contributed by atoms with Crippen LogP contribution >= 0.6 is 0 Å². The molecule has 1 heterocycles. The molecule has 0 radical (unpaired) electrons. The van der Waals surface area contributed by atoms with Crippen molar-refractivity contribution in [3.8, 4) is 0 Å². The lowest BCUT2D eigenvalue weighted by atomic mass is 10.1. The summed E-state index contributed by atoms with van der Waals surface area (Å²) >= 11 is 0. The van der Waals surface area contributed by atoms with E-state index in [1.807, 2.05) is 0 Å². The summed E-state index contributed by atoms with van der Waals surface area (Å²) in [5.41, 5.74) is 2.09. The SMILES string of the molecule is COCCCNC(=O)c1[nH]c(C)c(C(=O)OC(C)C)c1C. The standard InChI is InChI=1S/C15H24N2O4/c1-9(2)21-15(19)12-10(3)13(17-11(12)4)14(18)16-7-6-8-20-5/h9,17H,6-8H2,1-5H3,(H,16,18). The van der Waals surface area contributed by atoms with Crippen LogP contribution in [-0.4, -0.2) is 43.2 Å². The summed E-state index contributed by atoms with van der Waals surface area (Å²) < 4.78 is 10.1. The topological polar surface area (TPSA) is 80.4 Å². The van der Waals surface area contributed by atoms with E-state index in [1.54, 1.807) is 34.8 Å². The molecule has 0 atom stereocenters. The number of hydrogen-bond donors (Lipinski definition) is 2. The highest BCUT2D eigenvalue weighted by Gasteiger charge is 2.23. The molecule has 0 aliphatic heterocycles. The summed E-state index contributed by atoms with van der Waals surface area (Å²) in [4.78, 5) is 27.1. The molecule has 6 heteroatoms. The van der Waals surface area contributed by atoms with E-state index in [4.69, 9.17) is 9.47 Å². The minimum absolute atomic E-state index is 0.197. The molecular weight excluding hydrogens is 272 g/mol. The molecule has 0 unspecified atom stereocenters. The van der Waals surface area contributed by atoms with Crippen LogP contribution in [0.2, 0.25) is 0 Å². The van der Waals surface area contributed by atoms with Gasteiger partial charge in [0.2, 0.25) is 0 Å². The Morgan fingerprint density at radius 2 is 1.95 bits per heavy atom. The maximum atomic E-state index is 12.1. The quantitative estimate of drug-likeness (QED) is 0.595. The summed E-state index contributed by atoms with van der Waals surface area (Å²) in [6.07, 6.45) is 0.543. The van der Waals surface area contributed by atoms with Crippen LogP contribution in [0.15, 0.2) is 0 Å². The van der Waals surface area contributed by atoms with E-state index in [-0.39, 0.29) is 12.0 Å². The van der Waals surface area contributed by atoms with Crippen molar-refractivity contribution in [1.29, 1.82) is 0 Å². The third-order valence-electron chi connectivity index (χ3n) is 3.02. The summed E-state index contributed by atoms with van der Waals surface area (Å²) in [5, 5.41) is 2.79. The Morgan fingerprint density at radius 3 is 2.52 bits per heavy atom. The predicted molar refractivity (Wildman–Crippen MR) is 79.6 cm³/mol. The maximum absolute atomic E-state index is 12.1. The molecule has 1 aromatic heterocycles. The molecule has 0 aromatic carbocycles. The number of carbonyl (C=O) groups is 2. The Balaban J connectivity index is 2.81. The highest BCUT2D eigenvalue weighted by molar-refractivity contribution is 6.00. The van der Waals surface area contributed by atoms with E-state index >= 15 is 0 Å². The highest BCUT2D eigenvalue weighted by atomic mass is 16.5. The number of ether oxygens (including phenoxy) is 2. The van der Waals surface area contributed by atoms with E-state index < -0.39 is 5.97 Å². The van der Waals surface area contributed by atoms with Gasteiger partial charge < -0.3 is 19.8 Å². The summed E-state index contributed by atoms with van der Waals surface area (Å²) in [6, 6.07) is 0. The molecule has 118 valence electrons. The fourth-order valence-corrected chi connectivity index (χ4v) is 2.06. The number of nitrogens with one attached hydrogen (secondary N) is 2. The molecule has 1 rings (SSSR count). The molecule has 2 N–H and O–H groups in total. The Hall–Kier alpha value is -1.82. The van der Waals surface area contributed by atoms with Crippen LogP contribution in [0.5, 0.6) is 0 Å². The Kier molecular flexibility index (Phi) is 6.42. The first-order valence-electron chi connectivity index (χ1n) is 7.05. The van der Waals surface area contributed by atoms with Gasteiger partial charge in [-0.15, -0.1) is 0 Å². The van der Waals surface area contributed by atoms with Gasteiger partial charge in [0.05, 0.1) is 11.7 Å². The van der Waals surface area contributed by atoms with Crippen molar-refractivity contribution in [1.82, 2.24) is 10.3 Å². The number of amides is 1. The van der Waals surface area contributed by atoms with E-state index in [9.17, 15) is 9.59 Å². The zero-order valence-corrected chi connectivity index (χ0v) is 13.3. The van der Waals surface area contributed by atoms with Crippen molar-refractivity contribution < 1.29 is 19.1 Å². The molecule has 0 bridgehead atoms. The molecule has 0 aliphatic rings. The molecule has 0 saturated carbocycles. The fourth-order valence-electron chi connectivity index (χ4n) is 2.06. The van der Waals surface area contributed by atoms with Crippen LogP contribution in [0.4, 0.5) is 0 Å². The average molecular weight is 296 g/mol. The van der Waals surface area contributed by atoms with Crippen LogP contribution < -0.4 is 5.32 Å². The minimum atomic E-state index is -0.408. The van der Waals surface area contributed by atoms with Crippen molar-refractivity contribution in [2.45, 2.75) is 40.2 Å². The number of H-pyrrole nitrogens is 1. The first-order valence-corrected chi connectivity index (χ1v) is 7.05. The molecular formula is C15H24N2O4. The fraction of sp³-hybridized carbons (Fsp3) is 0.600. The first-order chi connectivity index (χ1) is 9.88. The van der Waals surface area contributed by atoms with E-state index in [0.29, 0.717) is 35.7 Å². The van der Waals surface area contributed by atoms with Crippen molar-refractivity contribution in [2.75, 3.05) is 20.3 Å². The van der Waals surface area contributed by atoms with Crippen LogP contribution in [0.25, 0.3) is 0 Å². The van der Waals surface area contributed by atoms with Gasteiger partial charge in [0.25, 0.3) is 5.91 Å². The second-order valence-corrected chi connectivity index (χ2v) is 5.18. The van der Waals surface area contributed by atoms with Crippen LogP contribution in [0, 0.1) is 13.8 Å². The summed E-state index contributed by atoms with van der Waals surface area (Å²) in [7, 11) is 1.62. The van der Waals surface area contributed by atoms with Gasteiger partial charge in [-0.2, -0.15) is 0 Å². The lowest BCUT2D eigenvalue weighted by molar-refractivity contribution is 0.0376. The Labute approximate surface area is 125 Å². The zero-order chi connectivity index (χ0) is 16.0. The first kappa shape index (κ1) is 17.2. The number of hydrogen-bond acceptors (Lipinski definition) is 4. The maximum Gasteiger partial charge on any atom is 0.340 e. The summed E-state index contributed by atoms with van der Waals surface area (Å²) in [6.45, 7) is 8.19. The van der Waals surface area contributed by atoms with Gasteiger partial charge in [0.1, 0.15) is 5.69 Å². The molecule has 0 spiro atoms. The Morgan fingerprint density at radius 1 is 1.29 bits per heavy atom. The largest absolute Gasteiger partial charge is 0.459 e. The lowest BCUT2D eigenvalue weighted by Gasteiger charge is -2.08. The van der Waals surface area contributed by atoms with Gasteiger partial charge in [-0.3, -0.25) is 4.79 Å². The van der Waals surface area contributed by atoms with Crippen molar-refractivity contribution >= 4 is 11.9 Å². The van der Waals surface area contributed by atoms with Gasteiger partial charge >= 0.3 is 5.97 Å². The number of methoxy groups -OCH3 is 1. The van der Waals surface area contributed by atoms with Gasteiger partial charge in [0, 0.05) is 26.0 Å². The Bertz CT molecular complexity index is 506. The highest BCUT2D eigenvalue weighted by Crippen LogP contribution is 2.19. The van der Waals surface area contributed by atoms with Crippen LogP contribution in [0.3, 0.4) is 0 Å². The second kappa shape index (κ2) is 7.83. The molecule has 1 aromatic rings. The second-order valence-electron chi connectivity index (χ2n) is 5.18. The smallest absolute Gasteiger partial charge is 0.340 e.